The summed E-state index contributed by atoms with van der Waals surface area (Å²) in [5.41, 5.74) is 1.88. The standard InChI is InChI=1S/C11H8F7N/c12-9(13)5-8(9,19)6-1-3-7(4-2-6)10(14,15)11(16,17)18/h1-4H,5,19H2. The lowest BCUT2D eigenvalue weighted by atomic mass is 10.0. The molecule has 8 heteroatoms. The number of alkyl halides is 7. The maximum atomic E-state index is 13.0. The molecule has 0 spiro atoms. The average molecular weight is 287 g/mol. The van der Waals surface area contributed by atoms with Gasteiger partial charge in [0.1, 0.15) is 5.54 Å². The van der Waals surface area contributed by atoms with Crippen LogP contribution in [0.15, 0.2) is 24.3 Å². The van der Waals surface area contributed by atoms with Crippen LogP contribution in [-0.2, 0) is 11.5 Å². The van der Waals surface area contributed by atoms with E-state index in [4.69, 9.17) is 5.73 Å². The molecule has 1 aliphatic rings. The summed E-state index contributed by atoms with van der Waals surface area (Å²) in [5, 5.41) is 0. The molecule has 1 saturated carbocycles. The van der Waals surface area contributed by atoms with Crippen molar-refractivity contribution in [3.05, 3.63) is 35.4 Å². The first-order valence-electron chi connectivity index (χ1n) is 5.14. The summed E-state index contributed by atoms with van der Waals surface area (Å²) in [4.78, 5) is 0. The topological polar surface area (TPSA) is 26.0 Å². The van der Waals surface area contributed by atoms with Crippen molar-refractivity contribution in [3.63, 3.8) is 0 Å². The van der Waals surface area contributed by atoms with Crippen LogP contribution in [0.4, 0.5) is 30.7 Å². The van der Waals surface area contributed by atoms with E-state index in [0.717, 1.165) is 12.1 Å². The fraction of sp³-hybridized carbons (Fsp3) is 0.455. The summed E-state index contributed by atoms with van der Waals surface area (Å²) in [7, 11) is 0. The van der Waals surface area contributed by atoms with Crippen LogP contribution in [-0.4, -0.2) is 12.1 Å². The van der Waals surface area contributed by atoms with E-state index in [0.29, 0.717) is 12.1 Å². The van der Waals surface area contributed by atoms with Crippen LogP contribution in [0.5, 0.6) is 0 Å². The van der Waals surface area contributed by atoms with Gasteiger partial charge in [-0.05, 0) is 5.56 Å². The zero-order chi connectivity index (χ0) is 14.7. The summed E-state index contributed by atoms with van der Waals surface area (Å²) in [6, 6.07) is 2.48. The molecule has 19 heavy (non-hydrogen) atoms. The van der Waals surface area contributed by atoms with Crippen molar-refractivity contribution in [2.75, 3.05) is 0 Å². The molecule has 1 aromatic carbocycles. The van der Waals surface area contributed by atoms with Gasteiger partial charge in [0.25, 0.3) is 5.92 Å². The molecule has 0 saturated heterocycles. The van der Waals surface area contributed by atoms with E-state index < -0.39 is 35.5 Å². The van der Waals surface area contributed by atoms with Gasteiger partial charge in [0.05, 0.1) is 0 Å². The van der Waals surface area contributed by atoms with E-state index >= 15 is 0 Å². The molecular weight excluding hydrogens is 279 g/mol. The molecule has 106 valence electrons. The van der Waals surface area contributed by atoms with Gasteiger partial charge >= 0.3 is 12.1 Å². The second kappa shape index (κ2) is 3.62. The van der Waals surface area contributed by atoms with Crippen molar-refractivity contribution in [3.8, 4) is 0 Å². The Balaban J connectivity index is 2.31. The lowest BCUT2D eigenvalue weighted by Gasteiger charge is -2.20. The van der Waals surface area contributed by atoms with Crippen LogP contribution in [0.25, 0.3) is 0 Å². The molecule has 0 amide bonds. The summed E-state index contributed by atoms with van der Waals surface area (Å²) >= 11 is 0. The SMILES string of the molecule is NC1(c2ccc(C(F)(F)C(F)(F)F)cc2)CC1(F)F. The van der Waals surface area contributed by atoms with Gasteiger partial charge in [-0.1, -0.05) is 24.3 Å². The normalized spacial score (nSPS) is 26.3. The van der Waals surface area contributed by atoms with Gasteiger partial charge < -0.3 is 5.73 Å². The quantitative estimate of drug-likeness (QED) is 0.827. The van der Waals surface area contributed by atoms with Gasteiger partial charge in [-0.2, -0.15) is 22.0 Å². The predicted molar refractivity (Wildman–Crippen MR) is 51.8 cm³/mol. The summed E-state index contributed by atoms with van der Waals surface area (Å²) in [6.45, 7) is 0. The number of hydrogen-bond acceptors (Lipinski definition) is 1. The number of halogens is 7. The Labute approximate surface area is 103 Å². The minimum absolute atomic E-state index is 0.167. The van der Waals surface area contributed by atoms with E-state index in [9.17, 15) is 30.7 Å². The third-order valence-electron chi connectivity index (χ3n) is 3.15. The van der Waals surface area contributed by atoms with Crippen molar-refractivity contribution < 1.29 is 30.7 Å². The Morgan fingerprint density at radius 2 is 1.37 bits per heavy atom. The molecule has 0 aromatic heterocycles. The highest BCUT2D eigenvalue weighted by atomic mass is 19.4. The lowest BCUT2D eigenvalue weighted by Crippen LogP contribution is -2.34. The zero-order valence-electron chi connectivity index (χ0n) is 9.24. The smallest absolute Gasteiger partial charge is 0.316 e. The molecule has 1 fully saturated rings. The Bertz CT molecular complexity index is 491. The van der Waals surface area contributed by atoms with Gasteiger partial charge in [0.2, 0.25) is 0 Å². The molecule has 2 rings (SSSR count). The summed E-state index contributed by atoms with van der Waals surface area (Å²) < 4.78 is 88.1. The Morgan fingerprint density at radius 1 is 0.947 bits per heavy atom. The molecule has 1 aromatic rings. The zero-order valence-corrected chi connectivity index (χ0v) is 9.24. The fourth-order valence-corrected chi connectivity index (χ4v) is 1.76. The van der Waals surface area contributed by atoms with Gasteiger partial charge in [-0.25, -0.2) is 8.78 Å². The maximum absolute atomic E-state index is 13.0. The van der Waals surface area contributed by atoms with Gasteiger partial charge in [-0.15, -0.1) is 0 Å². The van der Waals surface area contributed by atoms with Crippen LogP contribution in [0.2, 0.25) is 0 Å². The van der Waals surface area contributed by atoms with E-state index in [1.165, 1.54) is 0 Å². The monoisotopic (exact) mass is 287 g/mol. The molecule has 1 unspecified atom stereocenters. The molecular formula is C11H8F7N. The third-order valence-corrected chi connectivity index (χ3v) is 3.15. The average Bonchev–Trinajstić information content (AvgIpc) is 2.78. The molecule has 2 N–H and O–H groups in total. The third kappa shape index (κ3) is 1.98. The van der Waals surface area contributed by atoms with Crippen LogP contribution >= 0.6 is 0 Å². The highest BCUT2D eigenvalue weighted by Crippen LogP contribution is 2.57. The first kappa shape index (κ1) is 14.1. The first-order chi connectivity index (χ1) is 8.42. The number of rotatable bonds is 2. The molecule has 0 heterocycles. The molecule has 1 nitrogen and oxygen atoms in total. The fourth-order valence-electron chi connectivity index (χ4n) is 1.76. The highest BCUT2D eigenvalue weighted by molar-refractivity contribution is 5.38. The Kier molecular flexibility index (Phi) is 2.69. The second-order valence-electron chi connectivity index (χ2n) is 4.50. The highest BCUT2D eigenvalue weighted by Gasteiger charge is 2.70. The van der Waals surface area contributed by atoms with Crippen molar-refractivity contribution >= 4 is 0 Å². The van der Waals surface area contributed by atoms with Crippen LogP contribution in [0, 0.1) is 0 Å². The van der Waals surface area contributed by atoms with Gasteiger partial charge in [0.15, 0.2) is 0 Å². The minimum Gasteiger partial charge on any atom is -0.316 e. The first-order valence-corrected chi connectivity index (χ1v) is 5.14. The van der Waals surface area contributed by atoms with Crippen LogP contribution in [0.1, 0.15) is 17.5 Å². The second-order valence-corrected chi connectivity index (χ2v) is 4.50. The molecule has 0 radical (unpaired) electrons. The van der Waals surface area contributed by atoms with E-state index in [2.05, 4.69) is 0 Å². The van der Waals surface area contributed by atoms with E-state index in [-0.39, 0.29) is 5.56 Å². The van der Waals surface area contributed by atoms with Crippen molar-refractivity contribution in [1.82, 2.24) is 0 Å². The number of nitrogens with two attached hydrogens (primary N) is 1. The Hall–Kier alpha value is -1.31. The van der Waals surface area contributed by atoms with Crippen LogP contribution in [0.3, 0.4) is 0 Å². The molecule has 1 atom stereocenters. The van der Waals surface area contributed by atoms with Crippen LogP contribution < -0.4 is 5.73 Å². The largest absolute Gasteiger partial charge is 0.458 e. The van der Waals surface area contributed by atoms with Crippen molar-refractivity contribution in [2.45, 2.75) is 30.0 Å². The van der Waals surface area contributed by atoms with E-state index in [1.807, 2.05) is 0 Å². The summed E-state index contributed by atoms with van der Waals surface area (Å²) in [6.07, 6.45) is -6.40. The van der Waals surface area contributed by atoms with E-state index in [1.54, 1.807) is 0 Å². The number of hydrogen-bond donors (Lipinski definition) is 1. The Morgan fingerprint density at radius 3 is 1.68 bits per heavy atom. The van der Waals surface area contributed by atoms with Crippen molar-refractivity contribution in [1.29, 1.82) is 0 Å². The maximum Gasteiger partial charge on any atom is 0.458 e. The van der Waals surface area contributed by atoms with Gasteiger partial charge in [0, 0.05) is 12.0 Å². The summed E-state index contributed by atoms with van der Waals surface area (Å²) in [5.74, 6) is -8.19. The lowest BCUT2D eigenvalue weighted by molar-refractivity contribution is -0.289. The minimum atomic E-state index is -5.74. The van der Waals surface area contributed by atoms with Gasteiger partial charge in [-0.3, -0.25) is 0 Å². The molecule has 0 aliphatic heterocycles. The molecule has 0 bridgehead atoms. The number of benzene rings is 1. The molecule has 1 aliphatic carbocycles. The predicted octanol–water partition coefficient (Wildman–Crippen LogP) is 3.53. The van der Waals surface area contributed by atoms with Crippen molar-refractivity contribution in [2.24, 2.45) is 5.73 Å².